The number of nitrogens with zero attached hydrogens (tertiary/aromatic N) is 2. The second kappa shape index (κ2) is 10.7. The van der Waals surface area contributed by atoms with Gasteiger partial charge in [-0.25, -0.2) is 4.57 Å². The van der Waals surface area contributed by atoms with E-state index >= 15 is 0 Å². The van der Waals surface area contributed by atoms with Crippen molar-refractivity contribution in [2.24, 2.45) is 13.0 Å². The topological polar surface area (TPSA) is 3.88 Å². The fourth-order valence-corrected chi connectivity index (χ4v) is 3.20. The fraction of sp³-hybridized carbons (Fsp3) is 0.474. The number of fused-ring (bicyclic) bond motifs is 4. The molecule has 3 fully saturated rings. The Balaban J connectivity index is 0. The first-order valence-electron chi connectivity index (χ1n) is 7.57. The van der Waals surface area contributed by atoms with Crippen LogP contribution in [0.4, 0.5) is 0 Å². The number of benzene rings is 1. The molecule has 0 saturated carbocycles. The summed E-state index contributed by atoms with van der Waals surface area (Å²) in [5.74, 6) is 0.991. The number of pyridine rings is 1. The normalized spacial score (nSPS) is 24.3. The van der Waals surface area contributed by atoms with Gasteiger partial charge in [-0.05, 0) is 19.4 Å². The maximum Gasteiger partial charge on any atom is 0.136 e. The van der Waals surface area contributed by atoms with Crippen molar-refractivity contribution in [3.63, 3.8) is 0 Å². The van der Waals surface area contributed by atoms with Crippen molar-refractivity contribution in [3.05, 3.63) is 49.1 Å². The van der Waals surface area contributed by atoms with Crippen molar-refractivity contribution in [3.8, 4) is 0 Å². The first-order valence-corrected chi connectivity index (χ1v) is 7.57. The molecule has 0 unspecified atom stereocenters. The molecule has 5 rings (SSSR count). The van der Waals surface area contributed by atoms with E-state index in [1.807, 2.05) is 29.9 Å². The second-order valence-electron chi connectivity index (χ2n) is 6.48. The van der Waals surface area contributed by atoms with Gasteiger partial charge in [-0.1, -0.05) is 18.9 Å². The van der Waals surface area contributed by atoms with E-state index in [9.17, 15) is 0 Å². The van der Waals surface area contributed by atoms with E-state index in [1.165, 1.54) is 47.7 Å². The summed E-state index contributed by atoms with van der Waals surface area (Å²) < 4.78 is 3.33. The zero-order valence-corrected chi connectivity index (χ0v) is 19.4. The summed E-state index contributed by atoms with van der Waals surface area (Å²) in [6.45, 7) is 4.20. The molecule has 2 bridgehead atoms. The van der Waals surface area contributed by atoms with E-state index in [0.29, 0.717) is 0 Å². The molecule has 1 aromatic carbocycles. The van der Waals surface area contributed by atoms with Gasteiger partial charge in [0.25, 0.3) is 0 Å². The Morgan fingerprint density at radius 2 is 1.87 bits per heavy atom. The molecule has 4 heterocycles. The Hall–Kier alpha value is 0.798. The maximum atomic E-state index is 3.18. The zero-order valence-electron chi connectivity index (χ0n) is 13.7. The molecule has 4 heteroatoms. The minimum Gasteiger partial charge on any atom is -0.351 e. The summed E-state index contributed by atoms with van der Waals surface area (Å²) in [5.41, 5.74) is 0. The molecule has 0 spiro atoms. The molecule has 0 amide bonds. The molecule has 0 atom stereocenters. The van der Waals surface area contributed by atoms with Crippen LogP contribution >= 0.6 is 0 Å². The molecule has 23 heavy (non-hydrogen) atoms. The van der Waals surface area contributed by atoms with Gasteiger partial charge in [0, 0.05) is 66.8 Å². The Labute approximate surface area is 193 Å². The minimum atomic E-state index is 0. The van der Waals surface area contributed by atoms with Crippen LogP contribution in [0.5, 0.6) is 0 Å². The van der Waals surface area contributed by atoms with Crippen LogP contribution in [0.3, 0.4) is 0 Å². The second-order valence-corrected chi connectivity index (χ2v) is 6.48. The van der Waals surface area contributed by atoms with Gasteiger partial charge in [0.15, 0.2) is 0 Å². The van der Waals surface area contributed by atoms with Crippen LogP contribution in [0.25, 0.3) is 10.8 Å². The van der Waals surface area contributed by atoms with Crippen molar-refractivity contribution < 1.29 is 75.9 Å². The average Bonchev–Trinajstić information content (AvgIpc) is 2.49. The standard InChI is InChI=1S/C10H9N.C8H15N.CH4.2Y.H2/c1-11-7-6-9-4-2-3-5-10(9)8-11;1-9-5-2-8(3-6-9)4-7-9;;;;/h2-5,7-8H,1H3;2,8H,3-7H2,1H3;1H4;;;1H/i;;;;;1+1. The molecule has 0 aliphatic carbocycles. The van der Waals surface area contributed by atoms with Gasteiger partial charge in [-0.3, -0.25) is 6.42 Å². The van der Waals surface area contributed by atoms with Crippen molar-refractivity contribution in [1.82, 2.24) is 0 Å². The van der Waals surface area contributed by atoms with Crippen LogP contribution in [-0.2, 0) is 72.5 Å². The number of aryl methyl sites for hydroxylation is 1. The van der Waals surface area contributed by atoms with Crippen molar-refractivity contribution in [1.29, 1.82) is 0 Å². The van der Waals surface area contributed by atoms with Gasteiger partial charge in [-0.2, -0.15) is 17.4 Å². The molecular weight excluding hydrogens is 434 g/mol. The SMILES string of the molecule is C.C[N+]12C[CH-]C(CC1)CC2.C[n+]1c[c-]c2ccccc2c1.[2HH].[Y].[Y]. The Morgan fingerprint density at radius 3 is 2.39 bits per heavy atom. The van der Waals surface area contributed by atoms with Crippen LogP contribution in [0, 0.1) is 18.4 Å². The minimum absolute atomic E-state index is 0. The molecule has 3 aliphatic heterocycles. The summed E-state index contributed by atoms with van der Waals surface area (Å²) >= 11 is 0. The predicted octanol–water partition coefficient (Wildman–Crippen LogP) is 3.40. The number of hydrogen-bond acceptors (Lipinski definition) is 0. The van der Waals surface area contributed by atoms with Crippen LogP contribution in [-0.4, -0.2) is 31.2 Å². The van der Waals surface area contributed by atoms with Gasteiger partial charge in [0.2, 0.25) is 0 Å². The Morgan fingerprint density at radius 1 is 1.22 bits per heavy atom. The number of aromatic nitrogens is 1. The third-order valence-electron chi connectivity index (χ3n) is 4.69. The van der Waals surface area contributed by atoms with Crippen LogP contribution < -0.4 is 4.57 Å². The first-order chi connectivity index (χ1) is 9.65. The quantitative estimate of drug-likeness (QED) is 0.319. The maximum absolute atomic E-state index is 3.18. The van der Waals surface area contributed by atoms with E-state index in [4.69, 9.17) is 0 Å². The molecule has 3 saturated heterocycles. The average molecular weight is 465 g/mol. The van der Waals surface area contributed by atoms with Crippen LogP contribution in [0.15, 0.2) is 36.7 Å². The molecule has 0 N–H and O–H groups in total. The van der Waals surface area contributed by atoms with E-state index in [-0.39, 0.29) is 74.3 Å². The summed E-state index contributed by atoms with van der Waals surface area (Å²) in [7, 11) is 4.38. The van der Waals surface area contributed by atoms with Gasteiger partial charge in [-0.15, -0.1) is 18.2 Å². The summed E-state index contributed by atoms with van der Waals surface area (Å²) in [6, 6.07) is 11.4. The molecule has 2 aromatic rings. The first kappa shape index (κ1) is 23.8. The van der Waals surface area contributed by atoms with Crippen LogP contribution in [0.1, 0.15) is 21.7 Å². The molecule has 3 aliphatic rings. The molecule has 1 aromatic heterocycles. The summed E-state index contributed by atoms with van der Waals surface area (Å²) in [5, 5.41) is 2.41. The van der Waals surface area contributed by atoms with Crippen molar-refractivity contribution in [2.45, 2.75) is 20.3 Å². The summed E-state index contributed by atoms with van der Waals surface area (Å²) in [6.07, 6.45) is 9.45. The smallest absolute Gasteiger partial charge is 0.136 e. The van der Waals surface area contributed by atoms with E-state index in [1.54, 1.807) is 0 Å². The third-order valence-corrected chi connectivity index (χ3v) is 4.69. The zero-order chi connectivity index (χ0) is 14.0. The van der Waals surface area contributed by atoms with Gasteiger partial charge in [0.1, 0.15) is 19.4 Å². The van der Waals surface area contributed by atoms with Gasteiger partial charge in [0.05, 0.1) is 20.1 Å². The van der Waals surface area contributed by atoms with Crippen molar-refractivity contribution >= 4 is 10.8 Å². The van der Waals surface area contributed by atoms with E-state index < -0.39 is 0 Å². The molecule has 122 valence electrons. The monoisotopic (exact) mass is 465 g/mol. The molecule has 2 radical (unpaired) electrons. The Bertz CT molecular complexity index is 585. The predicted molar refractivity (Wildman–Crippen MR) is 90.6 cm³/mol. The number of rotatable bonds is 0. The largest absolute Gasteiger partial charge is 0.351 e. The van der Waals surface area contributed by atoms with Crippen molar-refractivity contribution in [2.75, 3.05) is 26.7 Å². The molecular formula is C19H30N2Y2. The Kier molecular flexibility index (Phi) is 11.1. The fourth-order valence-electron chi connectivity index (χ4n) is 3.20. The number of quaternary nitrogens is 1. The number of piperidine rings is 3. The summed E-state index contributed by atoms with van der Waals surface area (Å²) in [4.78, 5) is 0. The third kappa shape index (κ3) is 6.55. The van der Waals surface area contributed by atoms with Crippen LogP contribution in [0.2, 0.25) is 0 Å². The van der Waals surface area contributed by atoms with Gasteiger partial charge < -0.3 is 4.48 Å². The number of hydrogen-bond donors (Lipinski definition) is 0. The molecule has 2 nitrogen and oxygen atoms in total. The van der Waals surface area contributed by atoms with Gasteiger partial charge >= 0.3 is 0 Å². The van der Waals surface area contributed by atoms with E-state index in [0.717, 1.165) is 5.92 Å². The van der Waals surface area contributed by atoms with E-state index in [2.05, 4.69) is 37.9 Å².